The van der Waals surface area contributed by atoms with Crippen LogP contribution in [-0.4, -0.2) is 22.7 Å². The zero-order valence-electron chi connectivity index (χ0n) is 15.9. The molecule has 0 fully saturated rings. The first-order valence-corrected chi connectivity index (χ1v) is 10.9. The number of para-hydroxylation sites is 1. The van der Waals surface area contributed by atoms with Gasteiger partial charge < -0.3 is 14.2 Å². The molecule has 8 nitrogen and oxygen atoms in total. The number of hydrogen-bond donors (Lipinski definition) is 0. The molecule has 0 amide bonds. The molecule has 156 valence electrons. The van der Waals surface area contributed by atoms with E-state index in [-0.39, 0.29) is 25.7 Å². The number of non-ortho nitro benzene ring substituents is 1. The van der Waals surface area contributed by atoms with Crippen molar-refractivity contribution in [2.75, 3.05) is 6.79 Å². The average molecular weight is 454 g/mol. The van der Waals surface area contributed by atoms with E-state index in [1.165, 1.54) is 23.5 Å². The first-order valence-electron chi connectivity index (χ1n) is 9.22. The third kappa shape index (κ3) is 3.88. The van der Waals surface area contributed by atoms with Crippen LogP contribution in [0.4, 0.5) is 5.69 Å². The minimum Gasteiger partial charge on any atom is -0.467 e. The molecule has 0 saturated carbocycles. The summed E-state index contributed by atoms with van der Waals surface area (Å²) < 4.78 is 17.2. The zero-order chi connectivity index (χ0) is 21.4. The van der Waals surface area contributed by atoms with Gasteiger partial charge in [0.1, 0.15) is 22.2 Å². The number of benzene rings is 2. The van der Waals surface area contributed by atoms with Gasteiger partial charge in [-0.05, 0) is 24.3 Å². The summed E-state index contributed by atoms with van der Waals surface area (Å²) in [5.41, 5.74) is 1.80. The smallest absolute Gasteiger partial charge is 0.348 e. The molecule has 0 N–H and O–H groups in total. The second-order valence-electron chi connectivity index (χ2n) is 6.69. The predicted octanol–water partition coefficient (Wildman–Crippen LogP) is 5.16. The van der Waals surface area contributed by atoms with E-state index in [0.717, 1.165) is 20.1 Å². The quantitative estimate of drug-likeness (QED) is 0.233. The number of aromatic nitrogens is 1. The molecular formula is C21H14N2O6S2. The van der Waals surface area contributed by atoms with Crippen molar-refractivity contribution < 1.29 is 23.9 Å². The molecule has 0 radical (unpaired) electrons. The normalized spacial score (nSPS) is 12.9. The number of hydrogen-bond acceptors (Lipinski definition) is 9. The van der Waals surface area contributed by atoms with Crippen molar-refractivity contribution in [3.05, 3.63) is 74.6 Å². The van der Waals surface area contributed by atoms with Crippen LogP contribution in [0.5, 0.6) is 5.75 Å². The monoisotopic (exact) mass is 454 g/mol. The third-order valence-corrected chi connectivity index (χ3v) is 6.92. The highest BCUT2D eigenvalue weighted by Crippen LogP contribution is 2.36. The number of thiazole rings is 1. The van der Waals surface area contributed by atoms with Gasteiger partial charge in [-0.3, -0.25) is 10.1 Å². The fourth-order valence-electron chi connectivity index (χ4n) is 3.25. The second-order valence-corrected chi connectivity index (χ2v) is 8.80. The number of nitro groups is 1. The first kappa shape index (κ1) is 19.6. The van der Waals surface area contributed by atoms with Crippen LogP contribution in [0.2, 0.25) is 0 Å². The highest BCUT2D eigenvalue weighted by atomic mass is 32.1. The SMILES string of the molecule is O=C(OCc1cc([N+](=O)[O-])cc2c1OCOC2)c1ccc(-c2nc3ccccc3s2)s1. The summed E-state index contributed by atoms with van der Waals surface area (Å²) in [6.45, 7) is 0.105. The molecule has 1 aliphatic rings. The van der Waals surface area contributed by atoms with Gasteiger partial charge in [0.05, 0.1) is 26.6 Å². The topological polar surface area (TPSA) is 101 Å². The van der Waals surface area contributed by atoms with Crippen molar-refractivity contribution in [3.8, 4) is 15.6 Å². The number of fused-ring (bicyclic) bond motifs is 2. The van der Waals surface area contributed by atoms with E-state index in [9.17, 15) is 14.9 Å². The van der Waals surface area contributed by atoms with E-state index < -0.39 is 10.9 Å². The molecule has 0 bridgehead atoms. The molecule has 2 aromatic carbocycles. The number of esters is 1. The van der Waals surface area contributed by atoms with Gasteiger partial charge in [-0.2, -0.15) is 0 Å². The van der Waals surface area contributed by atoms with E-state index in [2.05, 4.69) is 4.98 Å². The Kier molecular flexibility index (Phi) is 5.10. The van der Waals surface area contributed by atoms with Crippen molar-refractivity contribution in [2.24, 2.45) is 0 Å². The van der Waals surface area contributed by atoms with Crippen LogP contribution in [0.25, 0.3) is 20.1 Å². The summed E-state index contributed by atoms with van der Waals surface area (Å²) >= 11 is 2.86. The number of nitrogens with zero attached hydrogens (tertiary/aromatic N) is 2. The Morgan fingerprint density at radius 1 is 1.19 bits per heavy atom. The van der Waals surface area contributed by atoms with Gasteiger partial charge in [0.2, 0.25) is 0 Å². The number of rotatable bonds is 5. The van der Waals surface area contributed by atoms with Crippen molar-refractivity contribution >= 4 is 44.5 Å². The molecule has 31 heavy (non-hydrogen) atoms. The Hall–Kier alpha value is -3.34. The number of thiophene rings is 1. The Morgan fingerprint density at radius 2 is 2.06 bits per heavy atom. The van der Waals surface area contributed by atoms with Gasteiger partial charge in [-0.25, -0.2) is 9.78 Å². The lowest BCUT2D eigenvalue weighted by Crippen LogP contribution is -2.14. The maximum Gasteiger partial charge on any atom is 0.348 e. The van der Waals surface area contributed by atoms with Crippen LogP contribution in [0, 0.1) is 10.1 Å². The molecule has 4 aromatic rings. The number of carbonyl (C=O) groups excluding carboxylic acids is 1. The lowest BCUT2D eigenvalue weighted by atomic mass is 10.1. The van der Waals surface area contributed by atoms with Crippen LogP contribution in [0.1, 0.15) is 20.8 Å². The minimum absolute atomic E-state index is 0.0439. The summed E-state index contributed by atoms with van der Waals surface area (Å²) in [6.07, 6.45) is 0. The lowest BCUT2D eigenvalue weighted by molar-refractivity contribution is -0.385. The fraction of sp³-hybridized carbons (Fsp3) is 0.143. The molecule has 10 heteroatoms. The van der Waals surface area contributed by atoms with Crippen LogP contribution in [0.15, 0.2) is 48.5 Å². The molecular weight excluding hydrogens is 440 g/mol. The van der Waals surface area contributed by atoms with Crippen LogP contribution in [-0.2, 0) is 22.7 Å². The molecule has 0 atom stereocenters. The third-order valence-electron chi connectivity index (χ3n) is 4.65. The molecule has 3 heterocycles. The standard InChI is InChI=1S/C21H14N2O6S2/c24-21(18-6-5-17(30-18)20-22-15-3-1-2-4-16(15)31-20)28-10-13-8-14(23(25)26)7-12-9-27-11-29-19(12)13/h1-8H,9-11H2. The maximum absolute atomic E-state index is 12.6. The van der Waals surface area contributed by atoms with Crippen molar-refractivity contribution in [1.82, 2.24) is 4.98 Å². The van der Waals surface area contributed by atoms with E-state index >= 15 is 0 Å². The van der Waals surface area contributed by atoms with Crippen LogP contribution < -0.4 is 4.74 Å². The first-order chi connectivity index (χ1) is 15.1. The van der Waals surface area contributed by atoms with Gasteiger partial charge in [0.15, 0.2) is 6.79 Å². The molecule has 0 unspecified atom stereocenters. The molecule has 0 saturated heterocycles. The van der Waals surface area contributed by atoms with Gasteiger partial charge >= 0.3 is 5.97 Å². The highest BCUT2D eigenvalue weighted by molar-refractivity contribution is 7.26. The molecule has 0 aliphatic carbocycles. The number of nitro benzene ring substituents is 1. The zero-order valence-corrected chi connectivity index (χ0v) is 17.5. The van der Waals surface area contributed by atoms with Crippen LogP contribution in [0.3, 0.4) is 0 Å². The largest absolute Gasteiger partial charge is 0.467 e. The average Bonchev–Trinajstić information content (AvgIpc) is 3.44. The molecule has 1 aliphatic heterocycles. The van der Waals surface area contributed by atoms with Gasteiger partial charge in [0, 0.05) is 23.3 Å². The fourth-order valence-corrected chi connectivity index (χ4v) is 5.17. The number of ether oxygens (including phenoxy) is 3. The van der Waals surface area contributed by atoms with E-state index in [1.54, 1.807) is 17.4 Å². The van der Waals surface area contributed by atoms with E-state index in [0.29, 0.717) is 21.8 Å². The van der Waals surface area contributed by atoms with Crippen molar-refractivity contribution in [2.45, 2.75) is 13.2 Å². The summed E-state index contributed by atoms with van der Waals surface area (Å²) in [6, 6.07) is 14.2. The van der Waals surface area contributed by atoms with Gasteiger partial charge in [-0.15, -0.1) is 22.7 Å². The summed E-state index contributed by atoms with van der Waals surface area (Å²) in [7, 11) is 0. The molecule has 2 aromatic heterocycles. The van der Waals surface area contributed by atoms with Crippen molar-refractivity contribution in [1.29, 1.82) is 0 Å². The van der Waals surface area contributed by atoms with Gasteiger partial charge in [-0.1, -0.05) is 12.1 Å². The van der Waals surface area contributed by atoms with Crippen LogP contribution >= 0.6 is 22.7 Å². The highest BCUT2D eigenvalue weighted by Gasteiger charge is 2.22. The van der Waals surface area contributed by atoms with Gasteiger partial charge in [0.25, 0.3) is 5.69 Å². The summed E-state index contributed by atoms with van der Waals surface area (Å²) in [4.78, 5) is 29.2. The predicted molar refractivity (Wildman–Crippen MR) is 115 cm³/mol. The Balaban J connectivity index is 1.34. The summed E-state index contributed by atoms with van der Waals surface area (Å²) in [5, 5.41) is 12.1. The lowest BCUT2D eigenvalue weighted by Gasteiger charge is -2.20. The summed E-state index contributed by atoms with van der Waals surface area (Å²) in [5.74, 6) is -0.0457. The minimum atomic E-state index is -0.510. The molecule has 5 rings (SSSR count). The Morgan fingerprint density at radius 3 is 2.90 bits per heavy atom. The van der Waals surface area contributed by atoms with E-state index in [1.807, 2.05) is 30.3 Å². The number of carbonyl (C=O) groups is 1. The maximum atomic E-state index is 12.6. The Bertz CT molecular complexity index is 1280. The molecule has 0 spiro atoms. The second kappa shape index (κ2) is 8.06. The van der Waals surface area contributed by atoms with Crippen molar-refractivity contribution in [3.63, 3.8) is 0 Å². The Labute approximate surface area is 183 Å². The van der Waals surface area contributed by atoms with E-state index in [4.69, 9.17) is 14.2 Å².